The molecule has 3 fully saturated rings. The lowest BCUT2D eigenvalue weighted by Gasteiger charge is -2.63. The molecule has 13 nitrogen and oxygen atoms in total. The van der Waals surface area contributed by atoms with Crippen LogP contribution in [0, 0.1) is 11.3 Å². The number of fused-ring (bicyclic) bond motifs is 6. The molecule has 16 heteroatoms. The number of rotatable bonds is 8. The Morgan fingerprint density at radius 1 is 0.952 bits per heavy atom. The summed E-state index contributed by atoms with van der Waals surface area (Å²) in [5, 5.41) is 26.5. The third kappa shape index (κ3) is 6.42. The Labute approximate surface area is 386 Å². The molecule has 9 rings (SSSR count). The fraction of sp³-hybridized carbons (Fsp3) is 0.596. The predicted octanol–water partition coefficient (Wildman–Crippen LogP) is 5.56. The van der Waals surface area contributed by atoms with Gasteiger partial charge in [-0.15, -0.1) is 36.6 Å². The number of aliphatic hydroxyl groups is 2. The fourth-order valence-corrected chi connectivity index (χ4v) is 14.1. The van der Waals surface area contributed by atoms with Crippen molar-refractivity contribution in [2.45, 2.75) is 104 Å². The number of anilines is 1. The van der Waals surface area contributed by atoms with Crippen LogP contribution in [0.3, 0.4) is 0 Å². The van der Waals surface area contributed by atoms with E-state index >= 15 is 4.79 Å². The van der Waals surface area contributed by atoms with E-state index in [0.717, 1.165) is 38.3 Å². The summed E-state index contributed by atoms with van der Waals surface area (Å²) in [4.78, 5) is 54.5. The van der Waals surface area contributed by atoms with Crippen LogP contribution >= 0.6 is 36.6 Å². The molecule has 2 bridgehead atoms. The first-order valence-corrected chi connectivity index (χ1v) is 23.0. The van der Waals surface area contributed by atoms with Crippen molar-refractivity contribution in [2.24, 2.45) is 11.3 Å². The number of aromatic amines is 1. The molecule has 1 aromatic heterocycles. The van der Waals surface area contributed by atoms with Gasteiger partial charge in [-0.3, -0.25) is 19.4 Å². The van der Waals surface area contributed by atoms with Gasteiger partial charge in [-0.05, 0) is 92.6 Å². The van der Waals surface area contributed by atoms with E-state index in [0.29, 0.717) is 82.6 Å². The Morgan fingerprint density at radius 2 is 1.70 bits per heavy atom. The highest BCUT2D eigenvalue weighted by Gasteiger charge is 2.80. The molecule has 10 atom stereocenters. The number of aromatic nitrogens is 1. The average Bonchev–Trinajstić information content (AvgIpc) is 3.92. The zero-order valence-corrected chi connectivity index (χ0v) is 39.9. The molecular formula is C47H62Cl2N4O9S. The predicted molar refractivity (Wildman–Crippen MR) is 247 cm³/mol. The molecular weight excluding hydrogens is 868 g/mol. The second-order valence-corrected chi connectivity index (χ2v) is 19.4. The van der Waals surface area contributed by atoms with E-state index < -0.39 is 57.5 Å². The summed E-state index contributed by atoms with van der Waals surface area (Å²) >= 11 is 1.67. The van der Waals surface area contributed by atoms with E-state index in [2.05, 4.69) is 57.5 Å². The minimum Gasteiger partial charge on any atom is -0.496 e. The minimum absolute atomic E-state index is 0. The summed E-state index contributed by atoms with van der Waals surface area (Å²) in [6.45, 7) is 8.62. The molecule has 63 heavy (non-hydrogen) atoms. The van der Waals surface area contributed by atoms with E-state index in [4.69, 9.17) is 18.9 Å². The van der Waals surface area contributed by atoms with Crippen LogP contribution in [0.4, 0.5) is 5.69 Å². The summed E-state index contributed by atoms with van der Waals surface area (Å²) < 4.78 is 24.0. The molecule has 5 aliphatic heterocycles. The van der Waals surface area contributed by atoms with Gasteiger partial charge in [0.05, 0.1) is 33.0 Å². The fourth-order valence-electron chi connectivity index (χ4n) is 13.7. The maximum atomic E-state index is 15.4. The number of likely N-dealkylation sites (N-methyl/N-ethyl adjacent to an activating group) is 1. The maximum absolute atomic E-state index is 15.4. The van der Waals surface area contributed by atoms with Crippen LogP contribution in [-0.2, 0) is 45.8 Å². The van der Waals surface area contributed by atoms with Gasteiger partial charge in [0.15, 0.2) is 6.10 Å². The topological polar surface area (TPSA) is 154 Å². The zero-order chi connectivity index (χ0) is 43.4. The Hall–Kier alpha value is -3.50. The number of thioether (sulfide) groups is 1. The standard InChI is InChI=1S/C47H60N4O9S.2ClH/c1-9-43(55)23-28-24-46(41(53)58-6,37-30(14-18-50(25-28)26-43)31-20-29(61-8)12-13-34(31)48-37)33-21-32-35(22-36(33)57-5)49(4)39-45(32)16-19-51-17-11-15-44(10-2,38(45)51)40(60-27(3)52)47(39,56)42(54)59-7;;/h11-13,15,20-22,28,38-40,48,55-56H,9-10,14,16-19,23-26H2,1-8H3;2*1H/t28-,38-,39+,40+,43-,44+,45+,46-,47-;;/m0../s1. The molecule has 344 valence electrons. The lowest BCUT2D eigenvalue weighted by molar-refractivity contribution is -0.228. The Morgan fingerprint density at radius 3 is 2.35 bits per heavy atom. The normalized spacial score (nSPS) is 35.0. The lowest BCUT2D eigenvalue weighted by Crippen LogP contribution is -2.81. The number of carbonyl (C=O) groups is 3. The van der Waals surface area contributed by atoms with Gasteiger partial charge in [0.2, 0.25) is 5.60 Å². The third-order valence-corrected chi connectivity index (χ3v) is 16.6. The number of nitrogens with one attached hydrogen (secondary N) is 1. The van der Waals surface area contributed by atoms with E-state index in [1.807, 2.05) is 31.9 Å². The van der Waals surface area contributed by atoms with Crippen molar-refractivity contribution >= 4 is 71.1 Å². The average molecular weight is 930 g/mol. The Bertz CT molecular complexity index is 2350. The van der Waals surface area contributed by atoms with Crippen LogP contribution in [0.25, 0.3) is 10.9 Å². The Balaban J connectivity index is 0.00000298. The van der Waals surface area contributed by atoms with Crippen molar-refractivity contribution in [2.75, 3.05) is 72.3 Å². The van der Waals surface area contributed by atoms with Crippen LogP contribution in [0.5, 0.6) is 5.75 Å². The number of piperidine rings is 1. The van der Waals surface area contributed by atoms with Gasteiger partial charge in [-0.25, -0.2) is 4.79 Å². The van der Waals surface area contributed by atoms with Gasteiger partial charge >= 0.3 is 17.9 Å². The quantitative estimate of drug-likeness (QED) is 0.112. The third-order valence-electron chi connectivity index (χ3n) is 15.9. The number of halogens is 2. The summed E-state index contributed by atoms with van der Waals surface area (Å²) in [6, 6.07) is 9.19. The van der Waals surface area contributed by atoms with Gasteiger partial charge in [-0.1, -0.05) is 26.0 Å². The first-order valence-electron chi connectivity index (χ1n) is 21.7. The van der Waals surface area contributed by atoms with Gasteiger partial charge in [0, 0.05) is 95.8 Å². The monoisotopic (exact) mass is 928 g/mol. The molecule has 6 heterocycles. The molecule has 1 unspecified atom stereocenters. The highest BCUT2D eigenvalue weighted by Crippen LogP contribution is 2.68. The number of hydrogen-bond acceptors (Lipinski definition) is 13. The zero-order valence-electron chi connectivity index (χ0n) is 37.4. The second kappa shape index (κ2) is 16.7. The summed E-state index contributed by atoms with van der Waals surface area (Å²) in [7, 11) is 6.17. The number of H-pyrrole nitrogens is 1. The van der Waals surface area contributed by atoms with Crippen molar-refractivity contribution < 1.29 is 43.5 Å². The summed E-state index contributed by atoms with van der Waals surface area (Å²) in [5.41, 5.74) is -1.65. The molecule has 3 aromatic rings. The van der Waals surface area contributed by atoms with Crippen LogP contribution in [0.1, 0.15) is 75.3 Å². The number of carbonyl (C=O) groups excluding carboxylic acids is 3. The van der Waals surface area contributed by atoms with Crippen molar-refractivity contribution in [1.82, 2.24) is 14.8 Å². The van der Waals surface area contributed by atoms with Crippen LogP contribution in [0.2, 0.25) is 0 Å². The SMILES string of the molecule is CC[C@]1(O)C[C@@H]2CN(CCc3c([nH]c4ccc(SC)cc34)[C@@](C(=O)OC)(c3cc4c(cc3OC)N(C)[C@H]3[C@@](O)(C(=O)OC)[C@H](OC(C)=O)[C@]5(CC)C=CCN6CC[C@]43[C@@H]65)C2)C1.Cl.Cl. The van der Waals surface area contributed by atoms with Crippen molar-refractivity contribution in [3.8, 4) is 5.75 Å². The first kappa shape index (κ1) is 47.5. The van der Waals surface area contributed by atoms with Gasteiger partial charge in [0.1, 0.15) is 11.2 Å². The van der Waals surface area contributed by atoms with E-state index in [1.54, 1.807) is 18.9 Å². The number of esters is 3. The van der Waals surface area contributed by atoms with Crippen molar-refractivity contribution in [3.05, 3.63) is 64.9 Å². The highest BCUT2D eigenvalue weighted by molar-refractivity contribution is 7.98. The number of nitrogens with zero attached hydrogens (tertiary/aromatic N) is 3. The van der Waals surface area contributed by atoms with E-state index in [-0.39, 0.29) is 36.8 Å². The molecule has 1 aliphatic carbocycles. The second-order valence-electron chi connectivity index (χ2n) is 18.6. The van der Waals surface area contributed by atoms with Gasteiger partial charge in [-0.2, -0.15) is 0 Å². The molecule has 0 radical (unpaired) electrons. The Kier molecular flexibility index (Phi) is 12.6. The van der Waals surface area contributed by atoms with Crippen LogP contribution < -0.4 is 9.64 Å². The lowest BCUT2D eigenvalue weighted by atomic mass is 9.47. The number of ether oxygens (including phenoxy) is 4. The molecule has 6 aliphatic rings. The number of hydrogen-bond donors (Lipinski definition) is 3. The molecule has 1 saturated carbocycles. The summed E-state index contributed by atoms with van der Waals surface area (Å²) in [6.07, 6.45) is 7.98. The molecule has 2 saturated heterocycles. The maximum Gasteiger partial charge on any atom is 0.344 e. The smallest absolute Gasteiger partial charge is 0.344 e. The van der Waals surface area contributed by atoms with E-state index in [9.17, 15) is 19.8 Å². The van der Waals surface area contributed by atoms with Gasteiger partial charge < -0.3 is 39.0 Å². The van der Waals surface area contributed by atoms with E-state index in [1.165, 1.54) is 21.1 Å². The number of benzene rings is 2. The van der Waals surface area contributed by atoms with Crippen molar-refractivity contribution in [1.29, 1.82) is 0 Å². The molecule has 2 aromatic carbocycles. The first-order chi connectivity index (χ1) is 29.2. The molecule has 0 amide bonds. The molecule has 1 spiro atoms. The van der Waals surface area contributed by atoms with Crippen molar-refractivity contribution in [3.63, 3.8) is 0 Å². The largest absolute Gasteiger partial charge is 0.496 e. The van der Waals surface area contributed by atoms with Crippen LogP contribution in [-0.4, -0.2) is 140 Å². The summed E-state index contributed by atoms with van der Waals surface area (Å²) in [5.74, 6) is -1.57. The number of methoxy groups -OCH3 is 3. The van der Waals surface area contributed by atoms with Crippen LogP contribution in [0.15, 0.2) is 47.4 Å². The highest BCUT2D eigenvalue weighted by atomic mass is 35.5. The molecule has 3 N–H and O–H groups in total. The van der Waals surface area contributed by atoms with Gasteiger partial charge in [0.25, 0.3) is 0 Å². The minimum atomic E-state index is -2.31.